The van der Waals surface area contributed by atoms with E-state index < -0.39 is 0 Å². The highest BCUT2D eigenvalue weighted by Crippen LogP contribution is 2.41. The van der Waals surface area contributed by atoms with E-state index >= 15 is 0 Å². The third kappa shape index (κ3) is 3.49. The zero-order valence-electron chi connectivity index (χ0n) is 17.7. The van der Waals surface area contributed by atoms with Gasteiger partial charge >= 0.3 is 0 Å². The van der Waals surface area contributed by atoms with Gasteiger partial charge in [-0.05, 0) is 36.6 Å². The van der Waals surface area contributed by atoms with E-state index in [0.717, 1.165) is 68.3 Å². The number of piperazine rings is 1. The van der Waals surface area contributed by atoms with Gasteiger partial charge in [0.15, 0.2) is 0 Å². The molecule has 1 unspecified atom stereocenters. The third-order valence-electron chi connectivity index (χ3n) is 6.51. The van der Waals surface area contributed by atoms with Crippen LogP contribution in [-0.4, -0.2) is 56.7 Å². The molecule has 1 atom stereocenters. The lowest BCUT2D eigenvalue weighted by Crippen LogP contribution is -2.49. The van der Waals surface area contributed by atoms with Crippen LogP contribution in [0.25, 0.3) is 0 Å². The lowest BCUT2D eigenvalue weighted by atomic mass is 9.94. The number of para-hydroxylation sites is 2. The highest BCUT2D eigenvalue weighted by Gasteiger charge is 2.32. The number of fused-ring (bicyclic) bond motifs is 3. The van der Waals surface area contributed by atoms with Gasteiger partial charge in [0.2, 0.25) is 5.91 Å². The Morgan fingerprint density at radius 3 is 2.77 bits per heavy atom. The van der Waals surface area contributed by atoms with E-state index in [-0.39, 0.29) is 12.0 Å². The van der Waals surface area contributed by atoms with E-state index in [1.165, 1.54) is 16.8 Å². The van der Waals surface area contributed by atoms with Crippen molar-refractivity contribution < 1.29 is 14.3 Å². The molecule has 0 bridgehead atoms. The Labute approximate surface area is 177 Å². The van der Waals surface area contributed by atoms with Gasteiger partial charge in [0.25, 0.3) is 0 Å². The second kappa shape index (κ2) is 7.84. The van der Waals surface area contributed by atoms with Crippen molar-refractivity contribution >= 4 is 17.3 Å². The Morgan fingerprint density at radius 2 is 1.97 bits per heavy atom. The number of nitrogens with zero attached hydrogens (tertiary/aromatic N) is 2. The molecule has 1 N–H and O–H groups in total. The molecule has 3 aliphatic rings. The minimum Gasteiger partial charge on any atom is -0.495 e. The van der Waals surface area contributed by atoms with Crippen LogP contribution < -0.4 is 19.7 Å². The lowest BCUT2D eigenvalue weighted by molar-refractivity contribution is -0.116. The van der Waals surface area contributed by atoms with Crippen LogP contribution in [0.4, 0.5) is 11.4 Å². The van der Waals surface area contributed by atoms with Crippen LogP contribution in [0.2, 0.25) is 0 Å². The summed E-state index contributed by atoms with van der Waals surface area (Å²) in [6, 6.07) is 10.4. The molecule has 3 aliphatic heterocycles. The quantitative estimate of drug-likeness (QED) is 0.845. The normalized spacial score (nSPS) is 20.9. The van der Waals surface area contributed by atoms with Crippen LogP contribution >= 0.6 is 0 Å². The fourth-order valence-corrected chi connectivity index (χ4v) is 5.00. The van der Waals surface area contributed by atoms with Gasteiger partial charge in [-0.3, -0.25) is 9.69 Å². The first-order valence-electron chi connectivity index (χ1n) is 10.8. The van der Waals surface area contributed by atoms with Crippen molar-refractivity contribution in [1.29, 1.82) is 0 Å². The molecule has 6 nitrogen and oxygen atoms in total. The number of carbonyl (C=O) groups excluding carboxylic acids is 1. The second-order valence-corrected chi connectivity index (χ2v) is 8.49. The van der Waals surface area contributed by atoms with Gasteiger partial charge in [-0.2, -0.15) is 0 Å². The molecule has 158 valence electrons. The summed E-state index contributed by atoms with van der Waals surface area (Å²) in [5.41, 5.74) is 5.77. The summed E-state index contributed by atoms with van der Waals surface area (Å²) in [5, 5.41) is 3.04. The van der Waals surface area contributed by atoms with E-state index in [2.05, 4.69) is 40.2 Å². The van der Waals surface area contributed by atoms with Gasteiger partial charge in [0, 0.05) is 51.1 Å². The van der Waals surface area contributed by atoms with Crippen LogP contribution in [0, 0.1) is 6.92 Å². The molecule has 5 rings (SSSR count). The molecular weight excluding hydrogens is 378 g/mol. The van der Waals surface area contributed by atoms with Crippen molar-refractivity contribution in [2.24, 2.45) is 0 Å². The number of amides is 1. The van der Waals surface area contributed by atoms with Gasteiger partial charge in [-0.15, -0.1) is 0 Å². The summed E-state index contributed by atoms with van der Waals surface area (Å²) in [5.74, 6) is 2.06. The molecule has 0 aromatic heterocycles. The number of ether oxygens (including phenoxy) is 2. The Bertz CT molecular complexity index is 966. The molecule has 2 aromatic rings. The largest absolute Gasteiger partial charge is 0.495 e. The predicted molar refractivity (Wildman–Crippen MR) is 118 cm³/mol. The fraction of sp³-hybridized carbons (Fsp3) is 0.458. The molecule has 1 fully saturated rings. The van der Waals surface area contributed by atoms with E-state index in [1.807, 2.05) is 12.1 Å². The zero-order chi connectivity index (χ0) is 20.7. The van der Waals surface area contributed by atoms with E-state index in [4.69, 9.17) is 9.47 Å². The number of nitrogens with one attached hydrogen (secondary N) is 1. The molecule has 0 saturated carbocycles. The van der Waals surface area contributed by atoms with Crippen LogP contribution in [0.3, 0.4) is 0 Å². The SMILES string of the molecule is COc1ccccc1N1CCN(CC2Cc3cc(C)c4c(c3O2)CCC(=O)N4)CC1. The van der Waals surface area contributed by atoms with Crippen molar-refractivity contribution in [2.45, 2.75) is 32.3 Å². The van der Waals surface area contributed by atoms with Crippen LogP contribution in [-0.2, 0) is 17.6 Å². The number of carbonyl (C=O) groups is 1. The first-order chi connectivity index (χ1) is 14.6. The summed E-state index contributed by atoms with van der Waals surface area (Å²) in [4.78, 5) is 16.7. The topological polar surface area (TPSA) is 54.0 Å². The van der Waals surface area contributed by atoms with E-state index in [1.54, 1.807) is 7.11 Å². The van der Waals surface area contributed by atoms with Crippen molar-refractivity contribution in [2.75, 3.05) is 50.1 Å². The lowest BCUT2D eigenvalue weighted by Gasteiger charge is -2.37. The van der Waals surface area contributed by atoms with Crippen LogP contribution in [0.5, 0.6) is 11.5 Å². The molecular formula is C24H29N3O3. The average molecular weight is 408 g/mol. The molecule has 0 aliphatic carbocycles. The maximum atomic E-state index is 11.8. The predicted octanol–water partition coefficient (Wildman–Crippen LogP) is 3.01. The maximum Gasteiger partial charge on any atom is 0.224 e. The smallest absolute Gasteiger partial charge is 0.224 e. The molecule has 30 heavy (non-hydrogen) atoms. The van der Waals surface area contributed by atoms with Gasteiger partial charge in [-0.1, -0.05) is 18.2 Å². The molecule has 0 spiro atoms. The van der Waals surface area contributed by atoms with Gasteiger partial charge in [0.05, 0.1) is 18.5 Å². The fourth-order valence-electron chi connectivity index (χ4n) is 5.00. The molecule has 3 heterocycles. The van der Waals surface area contributed by atoms with E-state index in [0.29, 0.717) is 6.42 Å². The van der Waals surface area contributed by atoms with Crippen molar-refractivity contribution in [3.63, 3.8) is 0 Å². The van der Waals surface area contributed by atoms with Gasteiger partial charge in [0.1, 0.15) is 17.6 Å². The monoisotopic (exact) mass is 407 g/mol. The third-order valence-corrected chi connectivity index (χ3v) is 6.51. The summed E-state index contributed by atoms with van der Waals surface area (Å²) < 4.78 is 11.9. The molecule has 1 saturated heterocycles. The summed E-state index contributed by atoms with van der Waals surface area (Å²) in [7, 11) is 1.73. The Hall–Kier alpha value is -2.73. The molecule has 0 radical (unpaired) electrons. The summed E-state index contributed by atoms with van der Waals surface area (Å²) in [6.45, 7) is 7.02. The highest BCUT2D eigenvalue weighted by molar-refractivity contribution is 5.95. The molecule has 6 heteroatoms. The number of aryl methyl sites for hydroxylation is 1. The number of methoxy groups -OCH3 is 1. The second-order valence-electron chi connectivity index (χ2n) is 8.49. The van der Waals surface area contributed by atoms with E-state index in [9.17, 15) is 4.79 Å². The van der Waals surface area contributed by atoms with Crippen LogP contribution in [0.1, 0.15) is 23.1 Å². The van der Waals surface area contributed by atoms with Gasteiger partial charge in [-0.25, -0.2) is 0 Å². The minimum absolute atomic E-state index is 0.105. The Balaban J connectivity index is 1.22. The first-order valence-corrected chi connectivity index (χ1v) is 10.8. The van der Waals surface area contributed by atoms with Crippen LogP contribution in [0.15, 0.2) is 30.3 Å². The molecule has 2 aromatic carbocycles. The Morgan fingerprint density at radius 1 is 1.17 bits per heavy atom. The number of hydrogen-bond donors (Lipinski definition) is 1. The standard InChI is InChI=1S/C24H29N3O3/c1-16-13-17-14-18(30-24(17)19-7-8-22(28)25-23(16)19)15-26-9-11-27(12-10-26)20-5-3-4-6-21(20)29-2/h3-6,13,18H,7-12,14-15H2,1-2H3,(H,25,28). The number of hydrogen-bond acceptors (Lipinski definition) is 5. The van der Waals surface area contributed by atoms with Gasteiger partial charge < -0.3 is 19.7 Å². The minimum atomic E-state index is 0.105. The maximum absolute atomic E-state index is 11.8. The number of benzene rings is 2. The average Bonchev–Trinajstić information content (AvgIpc) is 3.16. The Kier molecular flexibility index (Phi) is 5.03. The number of rotatable bonds is 4. The molecule has 1 amide bonds. The van der Waals surface area contributed by atoms with Crippen molar-refractivity contribution in [3.05, 3.63) is 47.0 Å². The summed E-state index contributed by atoms with van der Waals surface area (Å²) in [6.07, 6.45) is 2.45. The first kappa shape index (κ1) is 19.2. The zero-order valence-corrected chi connectivity index (χ0v) is 17.7. The van der Waals surface area contributed by atoms with Crippen molar-refractivity contribution in [1.82, 2.24) is 4.90 Å². The summed E-state index contributed by atoms with van der Waals surface area (Å²) >= 11 is 0. The number of anilines is 2. The van der Waals surface area contributed by atoms with Crippen molar-refractivity contribution in [3.8, 4) is 11.5 Å². The highest BCUT2D eigenvalue weighted by atomic mass is 16.5.